The standard InChI is InChI=1S/C12H16N2O4/c1-8-5-9(17-11(15)13-2)7-10(6-8)18-12(16)14(3)4/h5-7H,1-4H3,(H,13,15). The molecule has 1 rings (SSSR count). The topological polar surface area (TPSA) is 67.9 Å². The van der Waals surface area contributed by atoms with E-state index >= 15 is 0 Å². The summed E-state index contributed by atoms with van der Waals surface area (Å²) in [4.78, 5) is 23.8. The third-order valence-electron chi connectivity index (χ3n) is 2.01. The van der Waals surface area contributed by atoms with E-state index in [-0.39, 0.29) is 0 Å². The molecule has 0 aliphatic heterocycles. The monoisotopic (exact) mass is 252 g/mol. The van der Waals surface area contributed by atoms with Crippen molar-refractivity contribution in [1.29, 1.82) is 0 Å². The van der Waals surface area contributed by atoms with Gasteiger partial charge in [-0.1, -0.05) is 0 Å². The maximum Gasteiger partial charge on any atom is 0.414 e. The maximum atomic E-state index is 11.4. The first-order valence-corrected chi connectivity index (χ1v) is 5.32. The first-order chi connectivity index (χ1) is 8.42. The summed E-state index contributed by atoms with van der Waals surface area (Å²) in [6, 6.07) is 4.82. The van der Waals surface area contributed by atoms with Gasteiger partial charge in [-0.2, -0.15) is 0 Å². The van der Waals surface area contributed by atoms with Crippen LogP contribution in [-0.2, 0) is 0 Å². The van der Waals surface area contributed by atoms with Gasteiger partial charge in [0.25, 0.3) is 0 Å². The van der Waals surface area contributed by atoms with E-state index in [1.165, 1.54) is 18.0 Å². The molecule has 0 spiro atoms. The number of aryl methyl sites for hydroxylation is 1. The lowest BCUT2D eigenvalue weighted by molar-refractivity contribution is 0.171. The Balaban J connectivity index is 2.87. The summed E-state index contributed by atoms with van der Waals surface area (Å²) in [5.41, 5.74) is 0.818. The van der Waals surface area contributed by atoms with Crippen molar-refractivity contribution in [3.05, 3.63) is 23.8 Å². The van der Waals surface area contributed by atoms with Gasteiger partial charge in [-0.3, -0.25) is 0 Å². The second-order valence-electron chi connectivity index (χ2n) is 3.88. The Morgan fingerprint density at radius 1 is 1.11 bits per heavy atom. The molecule has 0 unspecified atom stereocenters. The Morgan fingerprint density at radius 2 is 1.67 bits per heavy atom. The summed E-state index contributed by atoms with van der Waals surface area (Å²) >= 11 is 0. The number of rotatable bonds is 2. The van der Waals surface area contributed by atoms with Crippen LogP contribution in [0.25, 0.3) is 0 Å². The first-order valence-electron chi connectivity index (χ1n) is 5.32. The summed E-state index contributed by atoms with van der Waals surface area (Å²) in [7, 11) is 4.63. The number of ether oxygens (including phenoxy) is 2. The molecular formula is C12H16N2O4. The molecule has 0 saturated carbocycles. The van der Waals surface area contributed by atoms with Crippen LogP contribution in [0.3, 0.4) is 0 Å². The summed E-state index contributed by atoms with van der Waals surface area (Å²) < 4.78 is 10.1. The van der Waals surface area contributed by atoms with Crippen LogP contribution in [-0.4, -0.2) is 38.2 Å². The van der Waals surface area contributed by atoms with Crippen LogP contribution < -0.4 is 14.8 Å². The van der Waals surface area contributed by atoms with Crippen LogP contribution in [0, 0.1) is 6.92 Å². The molecule has 0 bridgehead atoms. The molecule has 98 valence electrons. The SMILES string of the molecule is CNC(=O)Oc1cc(C)cc(OC(=O)N(C)C)c1. The highest BCUT2D eigenvalue weighted by Gasteiger charge is 2.10. The molecule has 1 aromatic carbocycles. The zero-order chi connectivity index (χ0) is 13.7. The van der Waals surface area contributed by atoms with E-state index in [9.17, 15) is 9.59 Å². The van der Waals surface area contributed by atoms with Crippen LogP contribution in [0.2, 0.25) is 0 Å². The maximum absolute atomic E-state index is 11.4. The highest BCUT2D eigenvalue weighted by Crippen LogP contribution is 2.23. The highest BCUT2D eigenvalue weighted by molar-refractivity contribution is 5.72. The molecule has 1 aromatic rings. The van der Waals surface area contributed by atoms with Gasteiger partial charge in [0, 0.05) is 27.2 Å². The van der Waals surface area contributed by atoms with E-state index in [1.807, 2.05) is 6.92 Å². The van der Waals surface area contributed by atoms with Crippen LogP contribution in [0.4, 0.5) is 9.59 Å². The number of carbonyl (C=O) groups excluding carboxylic acids is 2. The number of nitrogens with one attached hydrogen (secondary N) is 1. The fourth-order valence-corrected chi connectivity index (χ4v) is 1.18. The molecule has 1 N–H and O–H groups in total. The predicted octanol–water partition coefficient (Wildman–Crippen LogP) is 1.77. The lowest BCUT2D eigenvalue weighted by Gasteiger charge is -2.12. The second-order valence-corrected chi connectivity index (χ2v) is 3.88. The van der Waals surface area contributed by atoms with Gasteiger partial charge in [0.2, 0.25) is 0 Å². The van der Waals surface area contributed by atoms with Crippen molar-refractivity contribution in [3.8, 4) is 11.5 Å². The van der Waals surface area contributed by atoms with Crippen molar-refractivity contribution in [2.24, 2.45) is 0 Å². The predicted molar refractivity (Wildman–Crippen MR) is 66.0 cm³/mol. The van der Waals surface area contributed by atoms with Crippen LogP contribution in [0.15, 0.2) is 18.2 Å². The van der Waals surface area contributed by atoms with Crippen LogP contribution in [0.5, 0.6) is 11.5 Å². The first kappa shape index (κ1) is 13.8. The minimum Gasteiger partial charge on any atom is -0.410 e. The van der Waals surface area contributed by atoms with Gasteiger partial charge in [-0.15, -0.1) is 0 Å². The largest absolute Gasteiger partial charge is 0.414 e. The van der Waals surface area contributed by atoms with E-state index in [4.69, 9.17) is 9.47 Å². The number of benzene rings is 1. The quantitative estimate of drug-likeness (QED) is 0.871. The van der Waals surface area contributed by atoms with Gasteiger partial charge in [0.1, 0.15) is 11.5 Å². The van der Waals surface area contributed by atoms with Crippen LogP contribution in [0.1, 0.15) is 5.56 Å². The van der Waals surface area contributed by atoms with Crippen molar-refractivity contribution < 1.29 is 19.1 Å². The third kappa shape index (κ3) is 3.97. The fraction of sp³-hybridized carbons (Fsp3) is 0.333. The average Bonchev–Trinajstić information content (AvgIpc) is 2.27. The molecule has 0 radical (unpaired) electrons. The number of amides is 2. The van der Waals surface area contributed by atoms with Crippen molar-refractivity contribution in [2.45, 2.75) is 6.92 Å². The number of nitrogens with zero attached hydrogens (tertiary/aromatic N) is 1. The molecule has 0 aromatic heterocycles. The molecule has 18 heavy (non-hydrogen) atoms. The molecule has 0 fully saturated rings. The lowest BCUT2D eigenvalue weighted by Crippen LogP contribution is -2.25. The zero-order valence-electron chi connectivity index (χ0n) is 10.8. The zero-order valence-corrected chi connectivity index (χ0v) is 10.8. The second kappa shape index (κ2) is 5.90. The molecule has 6 nitrogen and oxygen atoms in total. The Kier molecular flexibility index (Phi) is 4.53. The highest BCUT2D eigenvalue weighted by atomic mass is 16.6. The minimum absolute atomic E-state index is 0.316. The Bertz CT molecular complexity index is 457. The van der Waals surface area contributed by atoms with Crippen molar-refractivity contribution in [3.63, 3.8) is 0 Å². The van der Waals surface area contributed by atoms with E-state index in [0.29, 0.717) is 11.5 Å². The van der Waals surface area contributed by atoms with Crippen molar-refractivity contribution >= 4 is 12.2 Å². The third-order valence-corrected chi connectivity index (χ3v) is 2.01. The normalized spacial score (nSPS) is 9.56. The molecule has 2 amide bonds. The van der Waals surface area contributed by atoms with E-state index in [1.54, 1.807) is 26.2 Å². The summed E-state index contributed by atoms with van der Waals surface area (Å²) in [6.45, 7) is 1.81. The minimum atomic E-state index is -0.578. The average molecular weight is 252 g/mol. The lowest BCUT2D eigenvalue weighted by atomic mass is 10.2. The molecule has 6 heteroatoms. The van der Waals surface area contributed by atoms with Gasteiger partial charge < -0.3 is 19.7 Å². The molecular weight excluding hydrogens is 236 g/mol. The van der Waals surface area contributed by atoms with Gasteiger partial charge in [0.15, 0.2) is 0 Å². The Morgan fingerprint density at radius 3 is 2.17 bits per heavy atom. The molecule has 0 aliphatic rings. The molecule has 0 heterocycles. The van der Waals surface area contributed by atoms with Gasteiger partial charge >= 0.3 is 12.2 Å². The van der Waals surface area contributed by atoms with E-state index in [0.717, 1.165) is 5.56 Å². The summed E-state index contributed by atoms with van der Waals surface area (Å²) in [5.74, 6) is 0.642. The van der Waals surface area contributed by atoms with Gasteiger partial charge in [0.05, 0.1) is 0 Å². The molecule has 0 atom stereocenters. The number of carbonyl (C=O) groups is 2. The van der Waals surface area contributed by atoms with Gasteiger partial charge in [-0.25, -0.2) is 9.59 Å². The number of hydrogen-bond acceptors (Lipinski definition) is 4. The van der Waals surface area contributed by atoms with Gasteiger partial charge in [-0.05, 0) is 24.6 Å². The summed E-state index contributed by atoms with van der Waals surface area (Å²) in [5, 5.41) is 2.33. The Labute approximate surface area is 105 Å². The van der Waals surface area contributed by atoms with E-state index < -0.39 is 12.2 Å². The smallest absolute Gasteiger partial charge is 0.410 e. The van der Waals surface area contributed by atoms with Crippen molar-refractivity contribution in [1.82, 2.24) is 10.2 Å². The Hall–Kier alpha value is -2.24. The van der Waals surface area contributed by atoms with Crippen LogP contribution >= 0.6 is 0 Å². The number of hydrogen-bond donors (Lipinski definition) is 1. The summed E-state index contributed by atoms with van der Waals surface area (Å²) in [6.07, 6.45) is -1.07. The molecule has 0 aliphatic carbocycles. The van der Waals surface area contributed by atoms with E-state index in [2.05, 4.69) is 5.32 Å². The molecule has 0 saturated heterocycles. The fourth-order valence-electron chi connectivity index (χ4n) is 1.18. The van der Waals surface area contributed by atoms with Crippen molar-refractivity contribution in [2.75, 3.05) is 21.1 Å².